The van der Waals surface area contributed by atoms with Crippen LogP contribution in [0.25, 0.3) is 10.8 Å². The van der Waals surface area contributed by atoms with Crippen LogP contribution in [0.1, 0.15) is 0 Å². The lowest BCUT2D eigenvalue weighted by Crippen LogP contribution is -1.92. The number of rotatable bonds is 2. The van der Waals surface area contributed by atoms with Crippen molar-refractivity contribution in [3.05, 3.63) is 30.3 Å². The molecule has 78 valence electrons. The van der Waals surface area contributed by atoms with Crippen LogP contribution in [0.4, 0.5) is 5.69 Å². The van der Waals surface area contributed by atoms with Crippen molar-refractivity contribution in [3.8, 4) is 11.5 Å². The Balaban J connectivity index is 2.82. The van der Waals surface area contributed by atoms with E-state index >= 15 is 0 Å². The van der Waals surface area contributed by atoms with Gasteiger partial charge in [0.15, 0.2) is 0 Å². The molecule has 0 heterocycles. The number of nitrogen functional groups attached to an aromatic ring is 1. The van der Waals surface area contributed by atoms with Crippen LogP contribution in [-0.4, -0.2) is 14.2 Å². The Hall–Kier alpha value is -1.90. The predicted octanol–water partition coefficient (Wildman–Crippen LogP) is 2.44. The molecule has 3 heteroatoms. The Morgan fingerprint density at radius 1 is 0.933 bits per heavy atom. The SMILES string of the molecule is COc1cc(N)cc2c(OC)cccc12. The molecule has 0 saturated heterocycles. The second-order valence-corrected chi connectivity index (χ2v) is 3.28. The zero-order chi connectivity index (χ0) is 10.8. The Kier molecular flexibility index (Phi) is 2.37. The van der Waals surface area contributed by atoms with Crippen molar-refractivity contribution in [2.75, 3.05) is 20.0 Å². The molecule has 0 spiro atoms. The molecule has 0 aliphatic heterocycles. The van der Waals surface area contributed by atoms with Gasteiger partial charge >= 0.3 is 0 Å². The number of hydrogen-bond acceptors (Lipinski definition) is 3. The normalized spacial score (nSPS) is 10.3. The zero-order valence-corrected chi connectivity index (χ0v) is 8.78. The van der Waals surface area contributed by atoms with Gasteiger partial charge in [-0.25, -0.2) is 0 Å². The summed E-state index contributed by atoms with van der Waals surface area (Å²) in [6.45, 7) is 0. The van der Waals surface area contributed by atoms with Crippen molar-refractivity contribution in [2.24, 2.45) is 0 Å². The van der Waals surface area contributed by atoms with E-state index in [4.69, 9.17) is 15.2 Å². The molecule has 15 heavy (non-hydrogen) atoms. The Bertz CT molecular complexity index is 494. The lowest BCUT2D eigenvalue weighted by molar-refractivity contribution is 0.415. The summed E-state index contributed by atoms with van der Waals surface area (Å²) in [4.78, 5) is 0. The van der Waals surface area contributed by atoms with Gasteiger partial charge in [-0.05, 0) is 12.1 Å². The third-order valence-corrected chi connectivity index (χ3v) is 2.38. The molecule has 0 amide bonds. The standard InChI is InChI=1S/C12H13NO2/c1-14-11-5-3-4-9-10(11)6-8(13)7-12(9)15-2/h3-7H,13H2,1-2H3. The maximum absolute atomic E-state index is 5.79. The summed E-state index contributed by atoms with van der Waals surface area (Å²) >= 11 is 0. The van der Waals surface area contributed by atoms with Crippen LogP contribution in [0.2, 0.25) is 0 Å². The quantitative estimate of drug-likeness (QED) is 0.762. The van der Waals surface area contributed by atoms with Crippen molar-refractivity contribution >= 4 is 16.5 Å². The van der Waals surface area contributed by atoms with Crippen LogP contribution >= 0.6 is 0 Å². The van der Waals surface area contributed by atoms with Crippen LogP contribution in [0.3, 0.4) is 0 Å². The van der Waals surface area contributed by atoms with E-state index in [1.807, 2.05) is 30.3 Å². The summed E-state index contributed by atoms with van der Waals surface area (Å²) in [5.74, 6) is 1.57. The van der Waals surface area contributed by atoms with Gasteiger partial charge in [0, 0.05) is 22.5 Å². The molecule has 2 N–H and O–H groups in total. The van der Waals surface area contributed by atoms with Gasteiger partial charge in [0.1, 0.15) is 11.5 Å². The van der Waals surface area contributed by atoms with E-state index in [9.17, 15) is 0 Å². The van der Waals surface area contributed by atoms with E-state index in [1.165, 1.54) is 0 Å². The number of nitrogens with two attached hydrogens (primary N) is 1. The summed E-state index contributed by atoms with van der Waals surface area (Å²) in [5.41, 5.74) is 6.46. The minimum atomic E-state index is 0.670. The molecule has 2 rings (SSSR count). The lowest BCUT2D eigenvalue weighted by Gasteiger charge is -2.09. The average Bonchev–Trinajstić information content (AvgIpc) is 2.27. The number of hydrogen-bond donors (Lipinski definition) is 1. The molecule has 0 saturated carbocycles. The fourth-order valence-corrected chi connectivity index (χ4v) is 1.69. The second kappa shape index (κ2) is 3.69. The van der Waals surface area contributed by atoms with Crippen LogP contribution in [0.5, 0.6) is 11.5 Å². The van der Waals surface area contributed by atoms with E-state index in [1.54, 1.807) is 14.2 Å². The maximum atomic E-state index is 5.79. The molecule has 0 unspecified atom stereocenters. The molecule has 0 radical (unpaired) electrons. The number of ether oxygens (including phenoxy) is 2. The highest BCUT2D eigenvalue weighted by molar-refractivity contribution is 5.95. The highest BCUT2D eigenvalue weighted by Gasteiger charge is 2.06. The van der Waals surface area contributed by atoms with Gasteiger partial charge in [-0.15, -0.1) is 0 Å². The third-order valence-electron chi connectivity index (χ3n) is 2.38. The van der Waals surface area contributed by atoms with Gasteiger partial charge in [0.2, 0.25) is 0 Å². The van der Waals surface area contributed by atoms with Gasteiger partial charge in [-0.3, -0.25) is 0 Å². The van der Waals surface area contributed by atoms with Gasteiger partial charge in [0.05, 0.1) is 14.2 Å². The number of methoxy groups -OCH3 is 2. The third kappa shape index (κ3) is 1.56. The van der Waals surface area contributed by atoms with E-state index in [-0.39, 0.29) is 0 Å². The van der Waals surface area contributed by atoms with E-state index in [0.717, 1.165) is 22.3 Å². The van der Waals surface area contributed by atoms with Crippen molar-refractivity contribution in [1.82, 2.24) is 0 Å². The van der Waals surface area contributed by atoms with Crippen LogP contribution in [0.15, 0.2) is 30.3 Å². The summed E-state index contributed by atoms with van der Waals surface area (Å²) in [6.07, 6.45) is 0. The van der Waals surface area contributed by atoms with Crippen LogP contribution < -0.4 is 15.2 Å². The first-order valence-electron chi connectivity index (χ1n) is 4.66. The molecule has 2 aromatic carbocycles. The van der Waals surface area contributed by atoms with E-state index in [0.29, 0.717) is 5.69 Å². The van der Waals surface area contributed by atoms with Gasteiger partial charge in [0.25, 0.3) is 0 Å². The fourth-order valence-electron chi connectivity index (χ4n) is 1.69. The molecule has 0 fully saturated rings. The molecule has 0 atom stereocenters. The topological polar surface area (TPSA) is 44.5 Å². The van der Waals surface area contributed by atoms with Crippen molar-refractivity contribution in [1.29, 1.82) is 0 Å². The predicted molar refractivity (Wildman–Crippen MR) is 61.5 cm³/mol. The highest BCUT2D eigenvalue weighted by atomic mass is 16.5. The first-order valence-corrected chi connectivity index (χ1v) is 4.66. The van der Waals surface area contributed by atoms with E-state index in [2.05, 4.69) is 0 Å². The first-order chi connectivity index (χ1) is 7.26. The summed E-state index contributed by atoms with van der Waals surface area (Å²) in [7, 11) is 3.28. The molecule has 0 bridgehead atoms. The molecule has 0 aromatic heterocycles. The number of benzene rings is 2. The first kappa shape index (κ1) is 9.65. The largest absolute Gasteiger partial charge is 0.496 e. The number of fused-ring (bicyclic) bond motifs is 1. The molecular formula is C12H13NO2. The lowest BCUT2D eigenvalue weighted by atomic mass is 10.1. The highest BCUT2D eigenvalue weighted by Crippen LogP contribution is 2.34. The van der Waals surface area contributed by atoms with Gasteiger partial charge in [-0.2, -0.15) is 0 Å². The summed E-state index contributed by atoms with van der Waals surface area (Å²) in [5, 5.41) is 1.97. The number of anilines is 1. The minimum absolute atomic E-state index is 0.670. The van der Waals surface area contributed by atoms with Gasteiger partial charge in [-0.1, -0.05) is 12.1 Å². The van der Waals surface area contributed by atoms with Crippen molar-refractivity contribution < 1.29 is 9.47 Å². The minimum Gasteiger partial charge on any atom is -0.496 e. The Morgan fingerprint density at radius 3 is 2.33 bits per heavy atom. The molecular weight excluding hydrogens is 190 g/mol. The average molecular weight is 203 g/mol. The summed E-state index contributed by atoms with van der Waals surface area (Å²) < 4.78 is 10.5. The van der Waals surface area contributed by atoms with Crippen LogP contribution in [0, 0.1) is 0 Å². The second-order valence-electron chi connectivity index (χ2n) is 3.28. The summed E-state index contributed by atoms with van der Waals surface area (Å²) in [6, 6.07) is 9.51. The van der Waals surface area contributed by atoms with Crippen molar-refractivity contribution in [2.45, 2.75) is 0 Å². The van der Waals surface area contributed by atoms with Gasteiger partial charge < -0.3 is 15.2 Å². The fraction of sp³-hybridized carbons (Fsp3) is 0.167. The van der Waals surface area contributed by atoms with Crippen LogP contribution in [-0.2, 0) is 0 Å². The molecule has 3 nitrogen and oxygen atoms in total. The Labute approximate surface area is 88.4 Å². The van der Waals surface area contributed by atoms with E-state index < -0.39 is 0 Å². The smallest absolute Gasteiger partial charge is 0.128 e. The molecule has 0 aliphatic rings. The van der Waals surface area contributed by atoms with Crippen molar-refractivity contribution in [3.63, 3.8) is 0 Å². The maximum Gasteiger partial charge on any atom is 0.128 e. The Morgan fingerprint density at radius 2 is 1.67 bits per heavy atom. The molecule has 2 aromatic rings. The monoisotopic (exact) mass is 203 g/mol. The molecule has 0 aliphatic carbocycles. The zero-order valence-electron chi connectivity index (χ0n) is 8.78.